The highest BCUT2D eigenvalue weighted by molar-refractivity contribution is 9.10. The zero-order valence-electron chi connectivity index (χ0n) is 8.71. The van der Waals surface area contributed by atoms with Gasteiger partial charge >= 0.3 is 0 Å². The molecule has 15 heavy (non-hydrogen) atoms. The number of hydrogen-bond donors (Lipinski definition) is 1. The molecule has 1 aliphatic rings. The Labute approximate surface area is 98.9 Å². The summed E-state index contributed by atoms with van der Waals surface area (Å²) < 4.78 is 6.46. The molecule has 2 rings (SSSR count). The molecule has 1 aliphatic heterocycles. The Morgan fingerprint density at radius 3 is 2.80 bits per heavy atom. The molecule has 0 radical (unpaired) electrons. The zero-order chi connectivity index (χ0) is 10.7. The van der Waals surface area contributed by atoms with Crippen molar-refractivity contribution in [1.82, 2.24) is 0 Å². The maximum atomic E-state index is 5.95. The standard InChI is InChI=1S/C12H16BrNO/c13-11-1-2-12(14)10(8-11)7-9-3-5-15-6-4-9/h1-2,8-9H,3-7,14H2. The van der Waals surface area contributed by atoms with Crippen molar-refractivity contribution >= 4 is 21.6 Å². The molecule has 0 aliphatic carbocycles. The third kappa shape index (κ3) is 2.95. The van der Waals surface area contributed by atoms with Crippen molar-refractivity contribution < 1.29 is 4.74 Å². The van der Waals surface area contributed by atoms with Gasteiger partial charge in [-0.1, -0.05) is 15.9 Å². The first-order chi connectivity index (χ1) is 7.25. The lowest BCUT2D eigenvalue weighted by Gasteiger charge is -2.22. The molecular formula is C12H16BrNO. The van der Waals surface area contributed by atoms with E-state index in [0.717, 1.165) is 48.6 Å². The van der Waals surface area contributed by atoms with Crippen LogP contribution in [0.2, 0.25) is 0 Å². The van der Waals surface area contributed by atoms with Crippen molar-refractivity contribution in [3.8, 4) is 0 Å². The fraction of sp³-hybridized carbons (Fsp3) is 0.500. The lowest BCUT2D eigenvalue weighted by Crippen LogP contribution is -2.18. The van der Waals surface area contributed by atoms with E-state index in [9.17, 15) is 0 Å². The topological polar surface area (TPSA) is 35.2 Å². The van der Waals surface area contributed by atoms with E-state index in [2.05, 4.69) is 22.0 Å². The summed E-state index contributed by atoms with van der Waals surface area (Å²) in [5.41, 5.74) is 8.12. The summed E-state index contributed by atoms with van der Waals surface area (Å²) in [5, 5.41) is 0. The van der Waals surface area contributed by atoms with Crippen molar-refractivity contribution in [2.45, 2.75) is 19.3 Å². The largest absolute Gasteiger partial charge is 0.399 e. The van der Waals surface area contributed by atoms with Gasteiger partial charge in [0.05, 0.1) is 0 Å². The first-order valence-corrected chi connectivity index (χ1v) is 6.16. The number of halogens is 1. The molecule has 0 aromatic heterocycles. The third-order valence-electron chi connectivity index (χ3n) is 2.95. The van der Waals surface area contributed by atoms with Gasteiger partial charge in [0.2, 0.25) is 0 Å². The van der Waals surface area contributed by atoms with Crippen LogP contribution in [-0.4, -0.2) is 13.2 Å². The van der Waals surface area contributed by atoms with Crippen LogP contribution in [0.25, 0.3) is 0 Å². The Kier molecular flexibility index (Phi) is 3.65. The molecule has 1 fully saturated rings. The van der Waals surface area contributed by atoms with Gasteiger partial charge in [0.15, 0.2) is 0 Å². The average Bonchev–Trinajstić information content (AvgIpc) is 2.25. The van der Waals surface area contributed by atoms with Crippen molar-refractivity contribution in [2.75, 3.05) is 18.9 Å². The van der Waals surface area contributed by atoms with E-state index >= 15 is 0 Å². The van der Waals surface area contributed by atoms with Crippen molar-refractivity contribution in [3.63, 3.8) is 0 Å². The second-order valence-electron chi connectivity index (χ2n) is 4.10. The molecule has 0 spiro atoms. The first kappa shape index (κ1) is 11.0. The van der Waals surface area contributed by atoms with Crippen molar-refractivity contribution in [3.05, 3.63) is 28.2 Å². The van der Waals surface area contributed by atoms with E-state index in [1.54, 1.807) is 0 Å². The van der Waals surface area contributed by atoms with Crippen LogP contribution in [0.4, 0.5) is 5.69 Å². The molecule has 1 heterocycles. The van der Waals surface area contributed by atoms with E-state index in [0.29, 0.717) is 0 Å². The molecule has 0 atom stereocenters. The Hall–Kier alpha value is -0.540. The lowest BCUT2D eigenvalue weighted by atomic mass is 9.92. The summed E-state index contributed by atoms with van der Waals surface area (Å²) in [6.07, 6.45) is 3.40. The van der Waals surface area contributed by atoms with E-state index < -0.39 is 0 Å². The lowest BCUT2D eigenvalue weighted by molar-refractivity contribution is 0.0666. The molecule has 0 bridgehead atoms. The molecule has 1 saturated heterocycles. The minimum absolute atomic E-state index is 0.732. The van der Waals surface area contributed by atoms with Crippen molar-refractivity contribution in [2.24, 2.45) is 5.92 Å². The summed E-state index contributed by atoms with van der Waals surface area (Å²) in [7, 11) is 0. The summed E-state index contributed by atoms with van der Waals surface area (Å²) >= 11 is 3.48. The quantitative estimate of drug-likeness (QED) is 0.838. The summed E-state index contributed by atoms with van der Waals surface area (Å²) in [6.45, 7) is 1.80. The van der Waals surface area contributed by atoms with Crippen LogP contribution in [-0.2, 0) is 11.2 Å². The number of benzene rings is 1. The molecule has 2 N–H and O–H groups in total. The molecule has 3 heteroatoms. The van der Waals surface area contributed by atoms with Gasteiger partial charge < -0.3 is 10.5 Å². The predicted octanol–water partition coefficient (Wildman–Crippen LogP) is 3.00. The summed E-state index contributed by atoms with van der Waals surface area (Å²) in [4.78, 5) is 0. The van der Waals surface area contributed by atoms with Crippen molar-refractivity contribution in [1.29, 1.82) is 0 Å². The van der Waals surface area contributed by atoms with E-state index in [1.807, 2.05) is 12.1 Å². The van der Waals surface area contributed by atoms with E-state index in [-0.39, 0.29) is 0 Å². The highest BCUT2D eigenvalue weighted by Crippen LogP contribution is 2.25. The predicted molar refractivity (Wildman–Crippen MR) is 65.8 cm³/mol. The minimum Gasteiger partial charge on any atom is -0.399 e. The SMILES string of the molecule is Nc1ccc(Br)cc1CC1CCOCC1. The highest BCUT2D eigenvalue weighted by Gasteiger charge is 2.15. The van der Waals surface area contributed by atoms with Crippen LogP contribution in [0.5, 0.6) is 0 Å². The molecule has 1 aromatic carbocycles. The monoisotopic (exact) mass is 269 g/mol. The molecule has 2 nitrogen and oxygen atoms in total. The Morgan fingerprint density at radius 2 is 2.07 bits per heavy atom. The summed E-state index contributed by atoms with van der Waals surface area (Å²) in [6, 6.07) is 6.09. The van der Waals surface area contributed by atoms with E-state index in [4.69, 9.17) is 10.5 Å². The first-order valence-electron chi connectivity index (χ1n) is 5.37. The van der Waals surface area contributed by atoms with Crippen LogP contribution >= 0.6 is 15.9 Å². The van der Waals surface area contributed by atoms with E-state index in [1.165, 1.54) is 5.56 Å². The zero-order valence-corrected chi connectivity index (χ0v) is 10.3. The van der Waals surface area contributed by atoms with Gasteiger partial charge in [-0.15, -0.1) is 0 Å². The maximum absolute atomic E-state index is 5.95. The van der Waals surface area contributed by atoms with Gasteiger partial charge in [0.25, 0.3) is 0 Å². The highest BCUT2D eigenvalue weighted by atomic mass is 79.9. The molecule has 0 amide bonds. The Balaban J connectivity index is 2.05. The average molecular weight is 270 g/mol. The molecule has 1 aromatic rings. The molecule has 0 saturated carbocycles. The van der Waals surface area contributed by atoms with Gasteiger partial charge in [-0.05, 0) is 48.9 Å². The van der Waals surface area contributed by atoms with Gasteiger partial charge in [-0.2, -0.15) is 0 Å². The van der Waals surface area contributed by atoms with Gasteiger partial charge in [0.1, 0.15) is 0 Å². The van der Waals surface area contributed by atoms with Crippen LogP contribution < -0.4 is 5.73 Å². The number of anilines is 1. The fourth-order valence-electron chi connectivity index (χ4n) is 2.01. The second-order valence-corrected chi connectivity index (χ2v) is 5.02. The molecule has 82 valence electrons. The number of nitrogens with two attached hydrogens (primary N) is 1. The smallest absolute Gasteiger partial charge is 0.0468 e. The van der Waals surface area contributed by atoms with Gasteiger partial charge in [-0.3, -0.25) is 0 Å². The second kappa shape index (κ2) is 4.99. The summed E-state index contributed by atoms with van der Waals surface area (Å²) in [5.74, 6) is 0.732. The van der Waals surface area contributed by atoms with Crippen LogP contribution in [0, 0.1) is 5.92 Å². The fourth-order valence-corrected chi connectivity index (χ4v) is 2.42. The number of ether oxygens (including phenoxy) is 1. The van der Waals surface area contributed by atoms with Crippen LogP contribution in [0.1, 0.15) is 18.4 Å². The molecular weight excluding hydrogens is 254 g/mol. The van der Waals surface area contributed by atoms with Crippen LogP contribution in [0.3, 0.4) is 0 Å². The molecule has 0 unspecified atom stereocenters. The van der Waals surface area contributed by atoms with Gasteiger partial charge in [-0.25, -0.2) is 0 Å². The maximum Gasteiger partial charge on any atom is 0.0468 e. The Morgan fingerprint density at radius 1 is 1.33 bits per heavy atom. The number of rotatable bonds is 2. The minimum atomic E-state index is 0.732. The third-order valence-corrected chi connectivity index (χ3v) is 3.45. The Bertz CT molecular complexity index is 334. The van der Waals surface area contributed by atoms with Gasteiger partial charge in [0, 0.05) is 23.4 Å². The van der Waals surface area contributed by atoms with Crippen LogP contribution in [0.15, 0.2) is 22.7 Å². The normalized spacial score (nSPS) is 17.9. The number of nitrogen functional groups attached to an aromatic ring is 1. The number of hydrogen-bond acceptors (Lipinski definition) is 2.